The fourth-order valence-electron chi connectivity index (χ4n) is 3.86. The number of aromatic nitrogens is 1. The van der Waals surface area contributed by atoms with Crippen LogP contribution in [-0.2, 0) is 22.4 Å². The molecule has 0 radical (unpaired) electrons. The molecule has 8 heteroatoms. The smallest absolute Gasteiger partial charge is 0.313 e. The van der Waals surface area contributed by atoms with Gasteiger partial charge in [0.25, 0.3) is 0 Å². The Morgan fingerprint density at radius 1 is 0.972 bits per heavy atom. The van der Waals surface area contributed by atoms with Crippen LogP contribution in [0.1, 0.15) is 28.5 Å². The molecule has 36 heavy (non-hydrogen) atoms. The largest absolute Gasteiger partial charge is 0.493 e. The highest BCUT2D eigenvalue weighted by Gasteiger charge is 2.27. The van der Waals surface area contributed by atoms with Gasteiger partial charge >= 0.3 is 5.97 Å². The van der Waals surface area contributed by atoms with E-state index in [9.17, 15) is 18.0 Å². The second-order valence-corrected chi connectivity index (χ2v) is 8.17. The molecule has 0 aliphatic carbocycles. The summed E-state index contributed by atoms with van der Waals surface area (Å²) in [5.41, 5.74) is 2.11. The number of oxazole rings is 1. The zero-order valence-electron chi connectivity index (χ0n) is 19.8. The Kier molecular flexibility index (Phi) is 7.73. The Balaban J connectivity index is 1.39. The maximum atomic E-state index is 14.3. The molecule has 0 aliphatic rings. The van der Waals surface area contributed by atoms with Gasteiger partial charge < -0.3 is 13.9 Å². The van der Waals surface area contributed by atoms with Crippen molar-refractivity contribution in [2.75, 3.05) is 13.7 Å². The van der Waals surface area contributed by atoms with Gasteiger partial charge in [0, 0.05) is 17.5 Å². The number of ether oxygens (including phenoxy) is 2. The van der Waals surface area contributed by atoms with Crippen LogP contribution in [0, 0.1) is 24.4 Å². The summed E-state index contributed by atoms with van der Waals surface area (Å²) >= 11 is 0. The Morgan fingerprint density at radius 2 is 1.69 bits per heavy atom. The molecule has 0 spiro atoms. The Bertz CT molecular complexity index is 1340. The Hall–Kier alpha value is -4.07. The minimum absolute atomic E-state index is 0.0370. The normalized spacial score (nSPS) is 11.8. The van der Waals surface area contributed by atoms with Crippen LogP contribution in [0.25, 0.3) is 11.5 Å². The van der Waals surface area contributed by atoms with E-state index in [0.29, 0.717) is 30.2 Å². The van der Waals surface area contributed by atoms with Crippen molar-refractivity contribution in [3.05, 3.63) is 107 Å². The lowest BCUT2D eigenvalue weighted by atomic mass is 9.91. The zero-order valence-corrected chi connectivity index (χ0v) is 19.8. The number of carbonyl (C=O) groups is 1. The van der Waals surface area contributed by atoms with E-state index < -0.39 is 29.3 Å². The molecule has 4 rings (SSSR count). The van der Waals surface area contributed by atoms with E-state index in [-0.39, 0.29) is 12.0 Å². The average Bonchev–Trinajstić information content (AvgIpc) is 3.27. The molecule has 1 aromatic heterocycles. The standard InChI is InChI=1S/C28H24F3NO4/c1-17-24(32-27(36-17)19-6-4-3-5-7-19)14-15-35-20-10-8-18(9-11-20)16-22(28(33)34-2)21-12-13-23(29)26(31)25(21)30/h3-13,22H,14-16H2,1-2H3. The zero-order chi connectivity index (χ0) is 25.7. The minimum atomic E-state index is -1.62. The van der Waals surface area contributed by atoms with Gasteiger partial charge in [0.05, 0.1) is 25.3 Å². The molecule has 1 heterocycles. The number of hydrogen-bond acceptors (Lipinski definition) is 5. The van der Waals surface area contributed by atoms with E-state index >= 15 is 0 Å². The lowest BCUT2D eigenvalue weighted by Crippen LogP contribution is -2.19. The highest BCUT2D eigenvalue weighted by Crippen LogP contribution is 2.28. The van der Waals surface area contributed by atoms with Crippen LogP contribution in [0.15, 0.2) is 71.1 Å². The van der Waals surface area contributed by atoms with Crippen molar-refractivity contribution in [3.8, 4) is 17.2 Å². The van der Waals surface area contributed by atoms with Gasteiger partial charge in [-0.2, -0.15) is 0 Å². The first-order valence-corrected chi connectivity index (χ1v) is 11.3. The first-order valence-electron chi connectivity index (χ1n) is 11.3. The molecular weight excluding hydrogens is 471 g/mol. The summed E-state index contributed by atoms with van der Waals surface area (Å²) in [6, 6.07) is 18.4. The molecule has 0 aliphatic heterocycles. The molecule has 1 unspecified atom stereocenters. The molecule has 0 saturated heterocycles. The van der Waals surface area contributed by atoms with Gasteiger partial charge in [-0.05, 0) is 49.2 Å². The highest BCUT2D eigenvalue weighted by atomic mass is 19.2. The van der Waals surface area contributed by atoms with E-state index in [4.69, 9.17) is 13.9 Å². The van der Waals surface area contributed by atoms with Crippen LogP contribution >= 0.6 is 0 Å². The van der Waals surface area contributed by atoms with Crippen LogP contribution in [0.2, 0.25) is 0 Å². The fraction of sp³-hybridized carbons (Fsp3) is 0.214. The predicted molar refractivity (Wildman–Crippen MR) is 127 cm³/mol. The third-order valence-corrected chi connectivity index (χ3v) is 5.81. The summed E-state index contributed by atoms with van der Waals surface area (Å²) in [5.74, 6) is -4.34. The van der Waals surface area contributed by atoms with Gasteiger partial charge in [0.1, 0.15) is 11.5 Å². The van der Waals surface area contributed by atoms with E-state index in [0.717, 1.165) is 36.3 Å². The number of methoxy groups -OCH3 is 1. The van der Waals surface area contributed by atoms with Gasteiger partial charge in [-0.15, -0.1) is 0 Å². The molecule has 4 aromatic rings. The van der Waals surface area contributed by atoms with Crippen LogP contribution in [0.3, 0.4) is 0 Å². The van der Waals surface area contributed by atoms with Crippen LogP contribution < -0.4 is 4.74 Å². The number of halogens is 3. The molecule has 3 aromatic carbocycles. The molecule has 0 fully saturated rings. The minimum Gasteiger partial charge on any atom is -0.493 e. The van der Waals surface area contributed by atoms with E-state index in [1.165, 1.54) is 0 Å². The van der Waals surface area contributed by atoms with Crippen molar-refractivity contribution >= 4 is 5.97 Å². The maximum Gasteiger partial charge on any atom is 0.313 e. The quantitative estimate of drug-likeness (QED) is 0.205. The predicted octanol–water partition coefficient (Wildman–Crippen LogP) is 6.19. The van der Waals surface area contributed by atoms with E-state index in [2.05, 4.69) is 4.98 Å². The van der Waals surface area contributed by atoms with Gasteiger partial charge in [-0.3, -0.25) is 4.79 Å². The van der Waals surface area contributed by atoms with Gasteiger partial charge in [-0.25, -0.2) is 18.2 Å². The third kappa shape index (κ3) is 5.59. The highest BCUT2D eigenvalue weighted by molar-refractivity contribution is 5.78. The number of rotatable bonds is 9. The Labute approximate surface area is 206 Å². The topological polar surface area (TPSA) is 61.6 Å². The van der Waals surface area contributed by atoms with Crippen molar-refractivity contribution in [2.45, 2.75) is 25.7 Å². The van der Waals surface area contributed by atoms with Gasteiger partial charge in [0.2, 0.25) is 5.89 Å². The molecular formula is C28H24F3NO4. The van der Waals surface area contributed by atoms with Gasteiger partial charge in [0.15, 0.2) is 17.5 Å². The van der Waals surface area contributed by atoms with Crippen molar-refractivity contribution in [1.82, 2.24) is 4.98 Å². The molecule has 0 bridgehead atoms. The summed E-state index contributed by atoms with van der Waals surface area (Å²) < 4.78 is 57.7. The number of esters is 1. The molecule has 0 saturated carbocycles. The second-order valence-electron chi connectivity index (χ2n) is 8.17. The average molecular weight is 495 g/mol. The first-order chi connectivity index (χ1) is 17.4. The van der Waals surface area contributed by atoms with E-state index in [1.807, 2.05) is 37.3 Å². The third-order valence-electron chi connectivity index (χ3n) is 5.81. The van der Waals surface area contributed by atoms with Gasteiger partial charge in [-0.1, -0.05) is 36.4 Å². The first kappa shape index (κ1) is 25.0. The Morgan fingerprint density at radius 3 is 2.39 bits per heavy atom. The van der Waals surface area contributed by atoms with Crippen molar-refractivity contribution in [1.29, 1.82) is 0 Å². The molecule has 186 valence electrons. The molecule has 0 amide bonds. The summed E-state index contributed by atoms with van der Waals surface area (Å²) in [5, 5.41) is 0. The monoisotopic (exact) mass is 495 g/mol. The summed E-state index contributed by atoms with van der Waals surface area (Å²) in [4.78, 5) is 16.8. The number of hydrogen-bond donors (Lipinski definition) is 0. The second kappa shape index (κ2) is 11.1. The van der Waals surface area contributed by atoms with Crippen LogP contribution in [-0.4, -0.2) is 24.7 Å². The lowest BCUT2D eigenvalue weighted by molar-refractivity contribution is -0.142. The van der Waals surface area contributed by atoms with Crippen molar-refractivity contribution in [2.24, 2.45) is 0 Å². The maximum absolute atomic E-state index is 14.3. The van der Waals surface area contributed by atoms with Crippen LogP contribution in [0.4, 0.5) is 13.2 Å². The SMILES string of the molecule is COC(=O)C(Cc1ccc(OCCc2nc(-c3ccccc3)oc2C)cc1)c1ccc(F)c(F)c1F. The van der Waals surface area contributed by atoms with E-state index in [1.54, 1.807) is 24.3 Å². The lowest BCUT2D eigenvalue weighted by Gasteiger charge is -2.17. The molecule has 0 N–H and O–H groups in total. The van der Waals surface area contributed by atoms with Crippen molar-refractivity contribution < 1.29 is 31.9 Å². The molecule has 1 atom stereocenters. The molecule has 5 nitrogen and oxygen atoms in total. The summed E-state index contributed by atoms with van der Waals surface area (Å²) in [7, 11) is 1.16. The fourth-order valence-corrected chi connectivity index (χ4v) is 3.86. The number of benzene rings is 3. The number of carbonyl (C=O) groups excluding carboxylic acids is 1. The van der Waals surface area contributed by atoms with Crippen LogP contribution in [0.5, 0.6) is 5.75 Å². The summed E-state index contributed by atoms with van der Waals surface area (Å²) in [6.45, 7) is 2.23. The van der Waals surface area contributed by atoms with Crippen molar-refractivity contribution in [3.63, 3.8) is 0 Å². The summed E-state index contributed by atoms with van der Waals surface area (Å²) in [6.07, 6.45) is 0.582. The number of aryl methyl sites for hydroxylation is 1. The number of nitrogens with zero attached hydrogens (tertiary/aromatic N) is 1.